The normalized spacial score (nSPS) is 11.8. The second-order valence-electron chi connectivity index (χ2n) is 4.93. The largest absolute Gasteiger partial charge is 0.497 e. The number of halogens is 1. The van der Waals surface area contributed by atoms with Gasteiger partial charge in [0.25, 0.3) is 5.91 Å². The van der Waals surface area contributed by atoms with E-state index in [0.717, 1.165) is 21.3 Å². The number of carbonyl (C=O) groups is 1. The molecule has 1 amide bonds. The Morgan fingerprint density at radius 2 is 1.86 bits per heavy atom. The van der Waals surface area contributed by atoms with E-state index in [1.54, 1.807) is 7.11 Å². The number of aryl methyl sites for hydroxylation is 1. The van der Waals surface area contributed by atoms with Crippen molar-refractivity contribution < 1.29 is 9.53 Å². The maximum Gasteiger partial charge on any atom is 0.252 e. The van der Waals surface area contributed by atoms with Crippen molar-refractivity contribution in [1.29, 1.82) is 0 Å². The van der Waals surface area contributed by atoms with Crippen molar-refractivity contribution in [2.45, 2.75) is 19.9 Å². The van der Waals surface area contributed by atoms with Gasteiger partial charge in [0.2, 0.25) is 0 Å². The van der Waals surface area contributed by atoms with E-state index < -0.39 is 0 Å². The molecular formula is C17H18BrNO2. The zero-order valence-corrected chi connectivity index (χ0v) is 13.9. The molecular weight excluding hydrogens is 330 g/mol. The standard InChI is InChI=1S/C17H18BrNO2/c1-11-4-7-14(18)10-16(11)17(20)19-12(2)13-5-8-15(21-3)9-6-13/h4-10,12H,1-3H3,(H,19,20). The van der Waals surface area contributed by atoms with Crippen LogP contribution in [0.25, 0.3) is 0 Å². The molecule has 1 unspecified atom stereocenters. The Morgan fingerprint density at radius 3 is 2.48 bits per heavy atom. The van der Waals surface area contributed by atoms with E-state index in [1.165, 1.54) is 0 Å². The van der Waals surface area contributed by atoms with Crippen molar-refractivity contribution in [3.63, 3.8) is 0 Å². The average molecular weight is 348 g/mol. The maximum atomic E-state index is 12.4. The Bertz CT molecular complexity index is 638. The molecule has 4 heteroatoms. The van der Waals surface area contributed by atoms with Crippen LogP contribution in [0.2, 0.25) is 0 Å². The molecule has 2 rings (SSSR count). The zero-order valence-electron chi connectivity index (χ0n) is 12.3. The predicted molar refractivity (Wildman–Crippen MR) is 87.8 cm³/mol. The number of amides is 1. The van der Waals surface area contributed by atoms with E-state index in [2.05, 4.69) is 21.2 Å². The van der Waals surface area contributed by atoms with Crippen LogP contribution in [-0.4, -0.2) is 13.0 Å². The lowest BCUT2D eigenvalue weighted by molar-refractivity contribution is 0.0939. The van der Waals surface area contributed by atoms with E-state index >= 15 is 0 Å². The third-order valence-electron chi connectivity index (χ3n) is 3.41. The summed E-state index contributed by atoms with van der Waals surface area (Å²) >= 11 is 3.40. The van der Waals surface area contributed by atoms with Crippen molar-refractivity contribution in [3.05, 3.63) is 63.6 Å². The van der Waals surface area contributed by atoms with Gasteiger partial charge in [0, 0.05) is 10.0 Å². The van der Waals surface area contributed by atoms with Gasteiger partial charge in [0.1, 0.15) is 5.75 Å². The Kier molecular flexibility index (Phi) is 5.02. The molecule has 0 aliphatic carbocycles. The Hall–Kier alpha value is -1.81. The highest BCUT2D eigenvalue weighted by Gasteiger charge is 2.13. The molecule has 0 aliphatic rings. The summed E-state index contributed by atoms with van der Waals surface area (Å²) < 4.78 is 6.03. The molecule has 0 bridgehead atoms. The molecule has 0 aliphatic heterocycles. The van der Waals surface area contributed by atoms with Gasteiger partial charge in [-0.15, -0.1) is 0 Å². The van der Waals surface area contributed by atoms with Crippen LogP contribution in [0.5, 0.6) is 5.75 Å². The third-order valence-corrected chi connectivity index (χ3v) is 3.90. The van der Waals surface area contributed by atoms with Crippen molar-refractivity contribution in [3.8, 4) is 5.75 Å². The van der Waals surface area contributed by atoms with Crippen LogP contribution in [0, 0.1) is 6.92 Å². The van der Waals surface area contributed by atoms with Gasteiger partial charge in [-0.25, -0.2) is 0 Å². The summed E-state index contributed by atoms with van der Waals surface area (Å²) in [7, 11) is 1.64. The fourth-order valence-electron chi connectivity index (χ4n) is 2.09. The third kappa shape index (κ3) is 3.85. The molecule has 0 radical (unpaired) electrons. The lowest BCUT2D eigenvalue weighted by Gasteiger charge is -2.16. The minimum Gasteiger partial charge on any atom is -0.497 e. The first kappa shape index (κ1) is 15.6. The molecule has 0 heterocycles. The van der Waals surface area contributed by atoms with E-state index in [-0.39, 0.29) is 11.9 Å². The summed E-state index contributed by atoms with van der Waals surface area (Å²) in [5, 5.41) is 3.02. The Morgan fingerprint density at radius 1 is 1.19 bits per heavy atom. The first-order valence-corrected chi connectivity index (χ1v) is 7.51. The molecule has 1 atom stereocenters. The molecule has 0 aromatic heterocycles. The number of hydrogen-bond acceptors (Lipinski definition) is 2. The van der Waals surface area contributed by atoms with Crippen molar-refractivity contribution >= 4 is 21.8 Å². The highest BCUT2D eigenvalue weighted by atomic mass is 79.9. The minimum absolute atomic E-state index is 0.0678. The van der Waals surface area contributed by atoms with E-state index in [0.29, 0.717) is 5.56 Å². The summed E-state index contributed by atoms with van der Waals surface area (Å²) in [6.07, 6.45) is 0. The number of methoxy groups -OCH3 is 1. The molecule has 21 heavy (non-hydrogen) atoms. The number of nitrogens with one attached hydrogen (secondary N) is 1. The SMILES string of the molecule is COc1ccc(C(C)NC(=O)c2cc(Br)ccc2C)cc1. The van der Waals surface area contributed by atoms with E-state index in [4.69, 9.17) is 4.74 Å². The van der Waals surface area contributed by atoms with Gasteiger partial charge in [-0.3, -0.25) is 4.79 Å². The zero-order chi connectivity index (χ0) is 15.4. The van der Waals surface area contributed by atoms with Crippen LogP contribution in [0.4, 0.5) is 0 Å². The maximum absolute atomic E-state index is 12.4. The van der Waals surface area contributed by atoms with Gasteiger partial charge < -0.3 is 10.1 Å². The smallest absolute Gasteiger partial charge is 0.252 e. The van der Waals surface area contributed by atoms with Crippen molar-refractivity contribution in [2.24, 2.45) is 0 Å². The van der Waals surface area contributed by atoms with Crippen molar-refractivity contribution in [1.82, 2.24) is 5.32 Å². The number of hydrogen-bond donors (Lipinski definition) is 1. The fourth-order valence-corrected chi connectivity index (χ4v) is 2.45. The number of benzene rings is 2. The fraction of sp³-hybridized carbons (Fsp3) is 0.235. The summed E-state index contributed by atoms with van der Waals surface area (Å²) in [6.45, 7) is 3.90. The highest BCUT2D eigenvalue weighted by molar-refractivity contribution is 9.10. The Labute approximate surface area is 133 Å². The molecule has 0 saturated carbocycles. The quantitative estimate of drug-likeness (QED) is 0.897. The summed E-state index contributed by atoms with van der Waals surface area (Å²) in [4.78, 5) is 12.4. The number of ether oxygens (including phenoxy) is 1. The second-order valence-corrected chi connectivity index (χ2v) is 5.84. The first-order chi connectivity index (χ1) is 10.0. The minimum atomic E-state index is -0.0721. The lowest BCUT2D eigenvalue weighted by Crippen LogP contribution is -2.27. The first-order valence-electron chi connectivity index (χ1n) is 6.72. The molecule has 1 N–H and O–H groups in total. The van der Waals surface area contributed by atoms with Crippen LogP contribution in [-0.2, 0) is 0 Å². The van der Waals surface area contributed by atoms with Gasteiger partial charge in [0.05, 0.1) is 13.2 Å². The topological polar surface area (TPSA) is 38.3 Å². The van der Waals surface area contributed by atoms with Gasteiger partial charge in [0.15, 0.2) is 0 Å². The second kappa shape index (κ2) is 6.76. The van der Waals surface area contributed by atoms with Crippen LogP contribution >= 0.6 is 15.9 Å². The number of rotatable bonds is 4. The lowest BCUT2D eigenvalue weighted by atomic mass is 10.1. The van der Waals surface area contributed by atoms with Crippen LogP contribution in [0.15, 0.2) is 46.9 Å². The molecule has 110 valence electrons. The van der Waals surface area contributed by atoms with Crippen LogP contribution in [0.3, 0.4) is 0 Å². The monoisotopic (exact) mass is 347 g/mol. The van der Waals surface area contributed by atoms with Gasteiger partial charge in [-0.1, -0.05) is 34.1 Å². The average Bonchev–Trinajstić information content (AvgIpc) is 2.49. The highest BCUT2D eigenvalue weighted by Crippen LogP contribution is 2.20. The summed E-state index contributed by atoms with van der Waals surface area (Å²) in [5.41, 5.74) is 2.68. The van der Waals surface area contributed by atoms with Gasteiger partial charge >= 0.3 is 0 Å². The molecule has 0 saturated heterocycles. The van der Waals surface area contributed by atoms with E-state index in [1.807, 2.05) is 56.3 Å². The molecule has 0 fully saturated rings. The predicted octanol–water partition coefficient (Wildman–Crippen LogP) is 4.26. The summed E-state index contributed by atoms with van der Waals surface area (Å²) in [6, 6.07) is 13.3. The number of carbonyl (C=O) groups excluding carboxylic acids is 1. The molecule has 3 nitrogen and oxygen atoms in total. The van der Waals surface area contributed by atoms with Gasteiger partial charge in [-0.2, -0.15) is 0 Å². The molecule has 2 aromatic carbocycles. The Balaban J connectivity index is 2.12. The van der Waals surface area contributed by atoms with Crippen LogP contribution in [0.1, 0.15) is 34.5 Å². The molecule has 2 aromatic rings. The van der Waals surface area contributed by atoms with Crippen LogP contribution < -0.4 is 10.1 Å². The van der Waals surface area contributed by atoms with Crippen molar-refractivity contribution in [2.75, 3.05) is 7.11 Å². The van der Waals surface area contributed by atoms with Gasteiger partial charge in [-0.05, 0) is 49.2 Å². The van der Waals surface area contributed by atoms with E-state index in [9.17, 15) is 4.79 Å². The molecule has 0 spiro atoms. The summed E-state index contributed by atoms with van der Waals surface area (Å²) in [5.74, 6) is 0.734.